The van der Waals surface area contributed by atoms with Crippen LogP contribution >= 0.6 is 0 Å². The molecule has 0 aromatic heterocycles. The first-order valence-electron chi connectivity index (χ1n) is 7.67. The molecule has 1 nitrogen and oxygen atoms in total. The van der Waals surface area contributed by atoms with E-state index in [2.05, 4.69) is 39.5 Å². The molecule has 1 heteroatoms. The maximum atomic E-state index is 6.19. The first kappa shape index (κ1) is 14.6. The van der Waals surface area contributed by atoms with Crippen LogP contribution in [0.1, 0.15) is 52.9 Å². The Hall–Kier alpha value is -0.820. The smallest absolute Gasteiger partial charge is 0.0764 e. The van der Waals surface area contributed by atoms with Crippen LogP contribution in [0.15, 0.2) is 35.5 Å². The molecule has 0 radical (unpaired) electrons. The van der Waals surface area contributed by atoms with E-state index in [1.54, 1.807) is 0 Å². The van der Waals surface area contributed by atoms with Crippen LogP contribution in [0, 0.1) is 11.8 Å². The molecule has 106 valence electrons. The standard InChI is InChI=1S/C18H28O/c1-13(2)17-9-14(3)10-18(11-17)19-12-16-8-6-5-7-15(16)4/h7,10,16-18H,1,5-6,8-9,11-12H2,2-4H3. The summed E-state index contributed by atoms with van der Waals surface area (Å²) in [7, 11) is 0. The van der Waals surface area contributed by atoms with E-state index in [1.165, 1.54) is 36.0 Å². The first-order valence-corrected chi connectivity index (χ1v) is 7.67. The van der Waals surface area contributed by atoms with Crippen molar-refractivity contribution in [2.45, 2.75) is 59.0 Å². The van der Waals surface area contributed by atoms with Gasteiger partial charge in [-0.2, -0.15) is 0 Å². The molecule has 0 bridgehead atoms. The molecular weight excluding hydrogens is 232 g/mol. The van der Waals surface area contributed by atoms with Gasteiger partial charge in [-0.1, -0.05) is 35.5 Å². The van der Waals surface area contributed by atoms with Gasteiger partial charge in [-0.15, -0.1) is 0 Å². The number of hydrogen-bond donors (Lipinski definition) is 0. The summed E-state index contributed by atoms with van der Waals surface area (Å²) in [5, 5.41) is 0. The lowest BCUT2D eigenvalue weighted by molar-refractivity contribution is 0.0452. The molecule has 2 aliphatic rings. The van der Waals surface area contributed by atoms with Crippen molar-refractivity contribution < 1.29 is 4.74 Å². The van der Waals surface area contributed by atoms with Crippen LogP contribution < -0.4 is 0 Å². The second-order valence-corrected chi connectivity index (χ2v) is 6.44. The molecule has 3 atom stereocenters. The third-order valence-corrected chi connectivity index (χ3v) is 4.63. The average molecular weight is 260 g/mol. The normalized spacial score (nSPS) is 31.6. The van der Waals surface area contributed by atoms with Gasteiger partial charge in [-0.25, -0.2) is 0 Å². The van der Waals surface area contributed by atoms with Gasteiger partial charge in [-0.05, 0) is 58.8 Å². The van der Waals surface area contributed by atoms with Gasteiger partial charge in [0.05, 0.1) is 12.7 Å². The van der Waals surface area contributed by atoms with Crippen molar-refractivity contribution in [3.8, 4) is 0 Å². The Labute approximate surface area is 118 Å². The highest BCUT2D eigenvalue weighted by Gasteiger charge is 2.23. The number of hydrogen-bond acceptors (Lipinski definition) is 1. The fourth-order valence-corrected chi connectivity index (χ4v) is 3.24. The van der Waals surface area contributed by atoms with Crippen LogP contribution in [-0.2, 0) is 4.74 Å². The van der Waals surface area contributed by atoms with Gasteiger partial charge in [0.15, 0.2) is 0 Å². The van der Waals surface area contributed by atoms with Crippen molar-refractivity contribution in [2.75, 3.05) is 6.61 Å². The number of allylic oxidation sites excluding steroid dienone is 3. The monoisotopic (exact) mass is 260 g/mol. The Bertz CT molecular complexity index is 388. The number of rotatable bonds is 4. The molecule has 2 rings (SSSR count). The Morgan fingerprint density at radius 1 is 1.42 bits per heavy atom. The maximum absolute atomic E-state index is 6.19. The fraction of sp³-hybridized carbons (Fsp3) is 0.667. The first-order chi connectivity index (χ1) is 9.06. The molecule has 3 unspecified atom stereocenters. The van der Waals surface area contributed by atoms with Crippen molar-refractivity contribution in [2.24, 2.45) is 11.8 Å². The van der Waals surface area contributed by atoms with Crippen molar-refractivity contribution in [1.82, 2.24) is 0 Å². The molecular formula is C18H28O. The lowest BCUT2D eigenvalue weighted by Crippen LogP contribution is -2.25. The van der Waals surface area contributed by atoms with E-state index >= 15 is 0 Å². The summed E-state index contributed by atoms with van der Waals surface area (Å²) >= 11 is 0. The van der Waals surface area contributed by atoms with Crippen LogP contribution in [0.25, 0.3) is 0 Å². The summed E-state index contributed by atoms with van der Waals surface area (Å²) in [6, 6.07) is 0. The molecule has 0 heterocycles. The van der Waals surface area contributed by atoms with E-state index in [9.17, 15) is 0 Å². The minimum absolute atomic E-state index is 0.296. The van der Waals surface area contributed by atoms with Crippen LogP contribution in [-0.4, -0.2) is 12.7 Å². The lowest BCUT2D eigenvalue weighted by Gasteiger charge is -2.30. The van der Waals surface area contributed by atoms with Gasteiger partial charge in [0.25, 0.3) is 0 Å². The Morgan fingerprint density at radius 2 is 2.21 bits per heavy atom. The Kier molecular flexibility index (Phi) is 5.04. The highest BCUT2D eigenvalue weighted by Crippen LogP contribution is 2.31. The molecule has 0 fully saturated rings. The third-order valence-electron chi connectivity index (χ3n) is 4.63. The molecule has 0 saturated carbocycles. The zero-order valence-corrected chi connectivity index (χ0v) is 12.7. The predicted molar refractivity (Wildman–Crippen MR) is 82.1 cm³/mol. The molecule has 0 saturated heterocycles. The summed E-state index contributed by atoms with van der Waals surface area (Å²) in [4.78, 5) is 0. The van der Waals surface area contributed by atoms with Gasteiger partial charge < -0.3 is 4.74 Å². The summed E-state index contributed by atoms with van der Waals surface area (Å²) in [5.41, 5.74) is 4.29. The molecule has 0 aromatic carbocycles. The van der Waals surface area contributed by atoms with Crippen LogP contribution in [0.3, 0.4) is 0 Å². The molecule has 0 aromatic rings. The molecule has 0 amide bonds. The minimum Gasteiger partial charge on any atom is -0.374 e. The second-order valence-electron chi connectivity index (χ2n) is 6.44. The Balaban J connectivity index is 1.88. The van der Waals surface area contributed by atoms with E-state index in [-0.39, 0.29) is 0 Å². The highest BCUT2D eigenvalue weighted by molar-refractivity contribution is 5.14. The second kappa shape index (κ2) is 6.56. The van der Waals surface area contributed by atoms with Crippen molar-refractivity contribution in [3.05, 3.63) is 35.5 Å². The van der Waals surface area contributed by atoms with Gasteiger partial charge in [0.1, 0.15) is 0 Å². The van der Waals surface area contributed by atoms with Gasteiger partial charge in [0.2, 0.25) is 0 Å². The van der Waals surface area contributed by atoms with E-state index in [0.717, 1.165) is 19.4 Å². The molecule has 0 aliphatic heterocycles. The zero-order valence-electron chi connectivity index (χ0n) is 12.7. The van der Waals surface area contributed by atoms with Crippen LogP contribution in [0.4, 0.5) is 0 Å². The summed E-state index contributed by atoms with van der Waals surface area (Å²) in [5.74, 6) is 1.26. The zero-order chi connectivity index (χ0) is 13.8. The van der Waals surface area contributed by atoms with E-state index < -0.39 is 0 Å². The SMILES string of the molecule is C=C(C)C1CC(C)=CC(OCC2CCCC=C2C)C1. The molecule has 19 heavy (non-hydrogen) atoms. The van der Waals surface area contributed by atoms with E-state index in [1.807, 2.05) is 0 Å². The van der Waals surface area contributed by atoms with E-state index in [0.29, 0.717) is 17.9 Å². The van der Waals surface area contributed by atoms with Crippen LogP contribution in [0.5, 0.6) is 0 Å². The average Bonchev–Trinajstić information content (AvgIpc) is 2.37. The molecule has 2 aliphatic carbocycles. The van der Waals surface area contributed by atoms with Crippen molar-refractivity contribution in [3.63, 3.8) is 0 Å². The van der Waals surface area contributed by atoms with Gasteiger partial charge >= 0.3 is 0 Å². The molecule has 0 spiro atoms. The van der Waals surface area contributed by atoms with Crippen molar-refractivity contribution in [1.29, 1.82) is 0 Å². The summed E-state index contributed by atoms with van der Waals surface area (Å²) in [6.45, 7) is 11.6. The largest absolute Gasteiger partial charge is 0.374 e. The quantitative estimate of drug-likeness (QED) is 0.643. The van der Waals surface area contributed by atoms with Gasteiger partial charge in [-0.3, -0.25) is 0 Å². The minimum atomic E-state index is 0.296. The maximum Gasteiger partial charge on any atom is 0.0764 e. The fourth-order valence-electron chi connectivity index (χ4n) is 3.24. The van der Waals surface area contributed by atoms with E-state index in [4.69, 9.17) is 4.74 Å². The van der Waals surface area contributed by atoms with Gasteiger partial charge in [0, 0.05) is 5.92 Å². The predicted octanol–water partition coefficient (Wildman–Crippen LogP) is 5.05. The Morgan fingerprint density at radius 3 is 2.89 bits per heavy atom. The van der Waals surface area contributed by atoms with Crippen molar-refractivity contribution >= 4 is 0 Å². The summed E-state index contributed by atoms with van der Waals surface area (Å²) < 4.78 is 6.19. The topological polar surface area (TPSA) is 9.23 Å². The summed E-state index contributed by atoms with van der Waals surface area (Å²) in [6.07, 6.45) is 11.1. The van der Waals surface area contributed by atoms with Crippen LogP contribution in [0.2, 0.25) is 0 Å². The lowest BCUT2D eigenvalue weighted by atomic mass is 9.83. The molecule has 0 N–H and O–H groups in total. The third kappa shape index (κ3) is 4.07. The number of ether oxygens (including phenoxy) is 1. The highest BCUT2D eigenvalue weighted by atomic mass is 16.5.